The van der Waals surface area contributed by atoms with Gasteiger partial charge in [0.1, 0.15) is 0 Å². The Morgan fingerprint density at radius 1 is 0.941 bits per heavy atom. The van der Waals surface area contributed by atoms with Crippen LogP contribution in [0.15, 0.2) is 12.5 Å². The third-order valence-electron chi connectivity index (χ3n) is 3.24. The van der Waals surface area contributed by atoms with Crippen LogP contribution in [0.4, 0.5) is 0 Å². The number of unbranched alkanes of at least 4 members (excludes halogenated alkanes) is 6. The molecule has 1 aromatic heterocycles. The highest BCUT2D eigenvalue weighted by Gasteiger charge is 1.98. The summed E-state index contributed by atoms with van der Waals surface area (Å²) in [6.07, 6.45) is 16.0. The molecule has 2 nitrogen and oxygen atoms in total. The maximum absolute atomic E-state index is 4.48. The lowest BCUT2D eigenvalue weighted by Crippen LogP contribution is -1.94. The van der Waals surface area contributed by atoms with E-state index in [1.165, 1.54) is 57.1 Å². The molecule has 17 heavy (non-hydrogen) atoms. The lowest BCUT2D eigenvalue weighted by atomic mass is 10.1. The molecule has 0 radical (unpaired) electrons. The number of nitrogens with zero attached hydrogens (tertiary/aromatic N) is 2. The van der Waals surface area contributed by atoms with Gasteiger partial charge in [-0.25, -0.2) is 4.98 Å². The fourth-order valence-corrected chi connectivity index (χ4v) is 2.11. The Hall–Kier alpha value is -0.790. The number of aromatic nitrogens is 2. The van der Waals surface area contributed by atoms with E-state index in [0.29, 0.717) is 0 Å². The van der Waals surface area contributed by atoms with E-state index >= 15 is 0 Å². The van der Waals surface area contributed by atoms with Gasteiger partial charge in [0.25, 0.3) is 0 Å². The molecule has 2 heteroatoms. The zero-order valence-corrected chi connectivity index (χ0v) is 11.6. The molecular weight excluding hydrogens is 208 g/mol. The predicted molar refractivity (Wildman–Crippen MR) is 74.2 cm³/mol. The van der Waals surface area contributed by atoms with Gasteiger partial charge >= 0.3 is 0 Å². The second kappa shape index (κ2) is 9.26. The van der Waals surface area contributed by atoms with E-state index in [1.54, 1.807) is 0 Å². The molecule has 1 aromatic rings. The summed E-state index contributed by atoms with van der Waals surface area (Å²) in [5, 5.41) is 0. The van der Waals surface area contributed by atoms with E-state index in [1.807, 2.05) is 6.33 Å². The van der Waals surface area contributed by atoms with Crippen LogP contribution >= 0.6 is 0 Å². The summed E-state index contributed by atoms with van der Waals surface area (Å²) in [5.41, 5.74) is 1.27. The van der Waals surface area contributed by atoms with E-state index in [4.69, 9.17) is 0 Å². The second-order valence-corrected chi connectivity index (χ2v) is 4.97. The molecule has 98 valence electrons. The van der Waals surface area contributed by atoms with Gasteiger partial charge in [0, 0.05) is 12.7 Å². The lowest BCUT2D eigenvalue weighted by molar-refractivity contribution is 0.581. The van der Waals surface area contributed by atoms with Crippen molar-refractivity contribution in [1.82, 2.24) is 9.55 Å². The van der Waals surface area contributed by atoms with Crippen molar-refractivity contribution < 1.29 is 0 Å². The molecule has 0 aromatic carbocycles. The molecule has 0 saturated carbocycles. The first-order valence-corrected chi connectivity index (χ1v) is 7.37. The predicted octanol–water partition coefficient (Wildman–Crippen LogP) is 4.59. The van der Waals surface area contributed by atoms with Gasteiger partial charge < -0.3 is 4.57 Å². The molecule has 0 N–H and O–H groups in total. The highest BCUT2D eigenvalue weighted by molar-refractivity contribution is 4.96. The van der Waals surface area contributed by atoms with Crippen LogP contribution in [0.5, 0.6) is 0 Å². The zero-order chi connectivity index (χ0) is 12.3. The first-order valence-electron chi connectivity index (χ1n) is 7.37. The van der Waals surface area contributed by atoms with Crippen molar-refractivity contribution in [2.24, 2.45) is 0 Å². The lowest BCUT2D eigenvalue weighted by Gasteiger charge is -2.00. The largest absolute Gasteiger partial charge is 0.337 e. The molecule has 0 aliphatic carbocycles. The van der Waals surface area contributed by atoms with Gasteiger partial charge in [-0.1, -0.05) is 52.4 Å². The number of aryl methyl sites for hydroxylation is 2. The summed E-state index contributed by atoms with van der Waals surface area (Å²) in [6, 6.07) is 0. The van der Waals surface area contributed by atoms with Gasteiger partial charge in [-0.3, -0.25) is 0 Å². The fraction of sp³-hybridized carbons (Fsp3) is 0.800. The molecule has 1 rings (SSSR count). The number of hydrogen-bond acceptors (Lipinski definition) is 1. The van der Waals surface area contributed by atoms with Crippen LogP contribution in [-0.4, -0.2) is 9.55 Å². The molecule has 0 bridgehead atoms. The Labute approximate surface area is 106 Å². The van der Waals surface area contributed by atoms with Crippen molar-refractivity contribution in [3.63, 3.8) is 0 Å². The first kappa shape index (κ1) is 14.3. The molecule has 0 unspecified atom stereocenters. The monoisotopic (exact) mass is 236 g/mol. The summed E-state index contributed by atoms with van der Waals surface area (Å²) in [4.78, 5) is 4.48. The van der Waals surface area contributed by atoms with Crippen LogP contribution in [-0.2, 0) is 13.0 Å². The van der Waals surface area contributed by atoms with Crippen LogP contribution in [0.1, 0.15) is 70.9 Å². The van der Waals surface area contributed by atoms with Gasteiger partial charge in [-0.2, -0.15) is 0 Å². The molecule has 0 atom stereocenters. The fourth-order valence-electron chi connectivity index (χ4n) is 2.11. The maximum Gasteiger partial charge on any atom is 0.0949 e. The maximum atomic E-state index is 4.48. The minimum Gasteiger partial charge on any atom is -0.337 e. The van der Waals surface area contributed by atoms with Gasteiger partial charge in [-0.15, -0.1) is 0 Å². The Balaban J connectivity index is 2.14. The van der Waals surface area contributed by atoms with Crippen LogP contribution < -0.4 is 0 Å². The first-order chi connectivity index (χ1) is 8.36. The minimum absolute atomic E-state index is 1.14. The second-order valence-electron chi connectivity index (χ2n) is 4.97. The van der Waals surface area contributed by atoms with Gasteiger partial charge in [0.05, 0.1) is 12.0 Å². The molecule has 0 aliphatic heterocycles. The van der Waals surface area contributed by atoms with Crippen molar-refractivity contribution in [3.8, 4) is 0 Å². The summed E-state index contributed by atoms with van der Waals surface area (Å²) in [6.45, 7) is 5.65. The molecule has 0 saturated heterocycles. The van der Waals surface area contributed by atoms with E-state index in [9.17, 15) is 0 Å². The van der Waals surface area contributed by atoms with Gasteiger partial charge in [0.2, 0.25) is 0 Å². The Bertz CT molecular complexity index is 252. The zero-order valence-electron chi connectivity index (χ0n) is 11.6. The third kappa shape index (κ3) is 6.50. The van der Waals surface area contributed by atoms with Crippen LogP contribution in [0.2, 0.25) is 0 Å². The van der Waals surface area contributed by atoms with Crippen LogP contribution in [0.3, 0.4) is 0 Å². The third-order valence-corrected chi connectivity index (χ3v) is 3.24. The minimum atomic E-state index is 1.14. The summed E-state index contributed by atoms with van der Waals surface area (Å²) in [5.74, 6) is 0. The van der Waals surface area contributed by atoms with E-state index in [0.717, 1.165) is 13.0 Å². The smallest absolute Gasteiger partial charge is 0.0949 e. The van der Waals surface area contributed by atoms with Crippen molar-refractivity contribution >= 4 is 0 Å². The molecular formula is C15H28N2. The van der Waals surface area contributed by atoms with Crippen molar-refractivity contribution in [2.75, 3.05) is 0 Å². The van der Waals surface area contributed by atoms with Crippen molar-refractivity contribution in [2.45, 2.75) is 78.2 Å². The number of rotatable bonds is 10. The molecule has 1 heterocycles. The van der Waals surface area contributed by atoms with Crippen molar-refractivity contribution in [3.05, 3.63) is 18.2 Å². The van der Waals surface area contributed by atoms with Gasteiger partial charge in [-0.05, 0) is 19.3 Å². The van der Waals surface area contributed by atoms with Crippen molar-refractivity contribution in [1.29, 1.82) is 0 Å². The quantitative estimate of drug-likeness (QED) is 0.543. The summed E-state index contributed by atoms with van der Waals surface area (Å²) in [7, 11) is 0. The van der Waals surface area contributed by atoms with Crippen LogP contribution in [0.25, 0.3) is 0 Å². The number of imidazole rings is 1. The van der Waals surface area contributed by atoms with E-state index in [-0.39, 0.29) is 0 Å². The van der Waals surface area contributed by atoms with E-state index < -0.39 is 0 Å². The average molecular weight is 236 g/mol. The number of hydrogen-bond donors (Lipinski definition) is 0. The molecule has 0 aliphatic rings. The van der Waals surface area contributed by atoms with E-state index in [2.05, 4.69) is 29.6 Å². The standard InChI is InChI=1S/C15H28N2/c1-3-5-7-9-11-15-13-17(14-16-15)12-10-8-6-4-2/h13-14H,3-12H2,1-2H3. The Morgan fingerprint density at radius 3 is 2.35 bits per heavy atom. The van der Waals surface area contributed by atoms with Gasteiger partial charge in [0.15, 0.2) is 0 Å². The van der Waals surface area contributed by atoms with Crippen LogP contribution in [0, 0.1) is 0 Å². The summed E-state index contributed by atoms with van der Waals surface area (Å²) >= 11 is 0. The molecule has 0 amide bonds. The average Bonchev–Trinajstić information content (AvgIpc) is 2.78. The highest BCUT2D eigenvalue weighted by Crippen LogP contribution is 2.07. The SMILES string of the molecule is CCCCCCc1cn(CCCCCC)cn1. The topological polar surface area (TPSA) is 17.8 Å². The molecule has 0 fully saturated rings. The normalized spacial score (nSPS) is 10.9. The molecule has 0 spiro atoms. The summed E-state index contributed by atoms with van der Waals surface area (Å²) < 4.78 is 2.25. The highest BCUT2D eigenvalue weighted by atomic mass is 15.0. The Kier molecular flexibility index (Phi) is 7.78. The Morgan fingerprint density at radius 2 is 1.65 bits per heavy atom.